The van der Waals surface area contributed by atoms with Crippen LogP contribution in [0.25, 0.3) is 0 Å². The van der Waals surface area contributed by atoms with Gasteiger partial charge >= 0.3 is 5.97 Å². The van der Waals surface area contributed by atoms with Crippen molar-refractivity contribution < 1.29 is 99.2 Å². The molecule has 0 unspecified atom stereocenters. The molecule has 0 radical (unpaired) electrons. The Morgan fingerprint density at radius 2 is 1.21 bits per heavy atom. The van der Waals surface area contributed by atoms with E-state index in [2.05, 4.69) is 0 Å². The Bertz CT molecular complexity index is 927. The molecule has 43 heavy (non-hydrogen) atoms. The van der Waals surface area contributed by atoms with Crippen molar-refractivity contribution in [3.05, 3.63) is 0 Å². The van der Waals surface area contributed by atoms with Crippen LogP contribution in [0.3, 0.4) is 0 Å². The lowest BCUT2D eigenvalue weighted by molar-refractivity contribution is -0.386. The van der Waals surface area contributed by atoms with Crippen molar-refractivity contribution in [3.8, 4) is 0 Å². The summed E-state index contributed by atoms with van der Waals surface area (Å²) in [6, 6.07) is 0. The summed E-state index contributed by atoms with van der Waals surface area (Å²) in [4.78, 5) is 12.0. The van der Waals surface area contributed by atoms with Gasteiger partial charge in [0.15, 0.2) is 31.3 Å². The van der Waals surface area contributed by atoms with E-state index in [1.807, 2.05) is 0 Å². The number of aliphatic carboxylic acids is 1. The molecule has 4 aliphatic heterocycles. The van der Waals surface area contributed by atoms with Crippen LogP contribution in [-0.4, -0.2) is 197 Å². The predicted molar refractivity (Wildman–Crippen MR) is 127 cm³/mol. The van der Waals surface area contributed by atoms with E-state index in [4.69, 9.17) is 33.2 Å². The van der Waals surface area contributed by atoms with Crippen LogP contribution in [0.1, 0.15) is 6.92 Å². The fourth-order valence-electron chi connectivity index (χ4n) is 5.16. The Hall–Kier alpha value is -1.25. The Balaban J connectivity index is 1.48. The molecule has 4 aliphatic rings. The number of carbonyl (C=O) groups is 1. The molecule has 19 atom stereocenters. The van der Waals surface area contributed by atoms with Crippen molar-refractivity contribution >= 4 is 5.97 Å². The summed E-state index contributed by atoms with van der Waals surface area (Å²) >= 11 is 0. The zero-order valence-electron chi connectivity index (χ0n) is 22.5. The van der Waals surface area contributed by atoms with Crippen LogP contribution in [0.4, 0.5) is 0 Å². The summed E-state index contributed by atoms with van der Waals surface area (Å²) in [6.45, 7) is -0.00852. The largest absolute Gasteiger partial charge is 0.479 e. The van der Waals surface area contributed by atoms with Crippen LogP contribution in [-0.2, 0) is 38.0 Å². The van der Waals surface area contributed by atoms with E-state index < -0.39 is 136 Å². The van der Waals surface area contributed by atoms with Crippen LogP contribution in [0.2, 0.25) is 0 Å². The first-order chi connectivity index (χ1) is 20.2. The molecule has 0 saturated carbocycles. The monoisotopic (exact) mass is 634 g/mol. The maximum Gasteiger partial charge on any atom is 0.335 e. The molecule has 0 aromatic rings. The van der Waals surface area contributed by atoms with Crippen LogP contribution in [0, 0.1) is 0 Å². The van der Waals surface area contributed by atoms with E-state index in [9.17, 15) is 66.1 Å². The first-order valence-corrected chi connectivity index (χ1v) is 13.4. The number of aliphatic hydroxyl groups excluding tert-OH is 11. The first kappa shape index (κ1) is 34.6. The highest BCUT2D eigenvalue weighted by atomic mass is 16.8. The van der Waals surface area contributed by atoms with E-state index in [-0.39, 0.29) is 0 Å². The smallest absolute Gasteiger partial charge is 0.335 e. The predicted octanol–water partition coefficient (Wildman–Crippen LogP) is -7.99. The van der Waals surface area contributed by atoms with Crippen molar-refractivity contribution in [2.75, 3.05) is 13.2 Å². The minimum Gasteiger partial charge on any atom is -0.479 e. The summed E-state index contributed by atoms with van der Waals surface area (Å²) in [6.07, 6.45) is -34.1. The Kier molecular flexibility index (Phi) is 11.3. The summed E-state index contributed by atoms with van der Waals surface area (Å²) in [5.41, 5.74) is 0. The summed E-state index contributed by atoms with van der Waals surface area (Å²) in [7, 11) is 0. The summed E-state index contributed by atoms with van der Waals surface area (Å²) in [5.74, 6) is -1.75. The minimum atomic E-state index is -2.13. The first-order valence-electron chi connectivity index (χ1n) is 13.4. The SMILES string of the molecule is C[C@@H]1O[C@@H](O[C@H]2[C@H](O)[C@H](O[C@H]3O[C@H](C(=O)O)[C@@H](O[C@H]4OC[C@@H](O)[C@H](O)[C@H]4O)[C@H](O)[C@H]3O)[C@@H](O)O[C@@H]2CO)[C@H](O)[C@H](O)[C@H]1O. The average molecular weight is 635 g/mol. The van der Waals surface area contributed by atoms with Crippen LogP contribution in [0.5, 0.6) is 0 Å². The van der Waals surface area contributed by atoms with E-state index in [1.165, 1.54) is 6.92 Å². The molecule has 4 saturated heterocycles. The van der Waals surface area contributed by atoms with Crippen LogP contribution < -0.4 is 0 Å². The highest BCUT2D eigenvalue weighted by Gasteiger charge is 2.55. The number of carboxylic acids is 1. The molecule has 0 spiro atoms. The Morgan fingerprint density at radius 1 is 0.651 bits per heavy atom. The molecule has 0 amide bonds. The quantitative estimate of drug-likeness (QED) is 0.118. The molecule has 4 rings (SSSR count). The molecule has 20 heteroatoms. The summed E-state index contributed by atoms with van der Waals surface area (Å²) in [5, 5.41) is 122. The number of hydrogen-bond donors (Lipinski definition) is 12. The van der Waals surface area contributed by atoms with Gasteiger partial charge < -0.3 is 94.4 Å². The number of aliphatic hydroxyl groups is 11. The van der Waals surface area contributed by atoms with Gasteiger partial charge in [0, 0.05) is 0 Å². The van der Waals surface area contributed by atoms with Crippen molar-refractivity contribution in [2.45, 2.75) is 124 Å². The van der Waals surface area contributed by atoms with Crippen molar-refractivity contribution in [1.82, 2.24) is 0 Å². The molecular weight excluding hydrogens is 596 g/mol. The second-order valence-electron chi connectivity index (χ2n) is 10.7. The van der Waals surface area contributed by atoms with Gasteiger partial charge in [-0.2, -0.15) is 0 Å². The fourth-order valence-corrected chi connectivity index (χ4v) is 5.16. The number of hydrogen-bond acceptors (Lipinski definition) is 19. The molecule has 0 aromatic carbocycles. The highest BCUT2D eigenvalue weighted by molar-refractivity contribution is 5.73. The number of ether oxygens (including phenoxy) is 7. The third-order valence-electron chi connectivity index (χ3n) is 7.74. The van der Waals surface area contributed by atoms with Crippen LogP contribution in [0.15, 0.2) is 0 Å². The van der Waals surface area contributed by atoms with E-state index in [1.54, 1.807) is 0 Å². The minimum absolute atomic E-state index is 0.518. The topological polar surface area (TPSA) is 324 Å². The van der Waals surface area contributed by atoms with E-state index >= 15 is 0 Å². The Labute approximate surface area is 242 Å². The third-order valence-corrected chi connectivity index (χ3v) is 7.74. The molecular formula is C23H38O20. The lowest BCUT2D eigenvalue weighted by atomic mass is 9.96. The van der Waals surface area contributed by atoms with Crippen molar-refractivity contribution in [3.63, 3.8) is 0 Å². The standard InChI is InChI=1S/C23H38O20/c1-4-7(26)9(28)12(31)22(38-4)40-15-6(2-24)39-20(36)17(14(15)33)42-23-13(32)10(29)16(18(43-23)19(34)35)41-21-11(30)8(27)5(25)3-37-21/h4-18,20-33,36H,2-3H2,1H3,(H,34,35)/t4-,5+,6+,7-,8-,9+,10+,11+,12+,13+,14-,15+,16-,17-,18-,20-,21+,22-,23-/m0/s1. The molecule has 250 valence electrons. The molecule has 20 nitrogen and oxygen atoms in total. The van der Waals surface area contributed by atoms with E-state index in [0.29, 0.717) is 0 Å². The van der Waals surface area contributed by atoms with Crippen LogP contribution >= 0.6 is 0 Å². The van der Waals surface area contributed by atoms with Gasteiger partial charge in [-0.05, 0) is 6.92 Å². The molecule has 0 aliphatic carbocycles. The highest BCUT2D eigenvalue weighted by Crippen LogP contribution is 2.33. The molecule has 4 heterocycles. The lowest BCUT2D eigenvalue weighted by Gasteiger charge is -2.48. The van der Waals surface area contributed by atoms with Gasteiger partial charge in [-0.25, -0.2) is 4.79 Å². The number of carboxylic acid groups (broad SMARTS) is 1. The maximum atomic E-state index is 12.0. The molecule has 4 fully saturated rings. The normalized spacial score (nSPS) is 53.0. The fraction of sp³-hybridized carbons (Fsp3) is 0.957. The Morgan fingerprint density at radius 3 is 1.84 bits per heavy atom. The third kappa shape index (κ3) is 6.96. The second kappa shape index (κ2) is 14.0. The average Bonchev–Trinajstić information content (AvgIpc) is 2.97. The van der Waals surface area contributed by atoms with Gasteiger partial charge in [-0.3, -0.25) is 0 Å². The van der Waals surface area contributed by atoms with Gasteiger partial charge in [0.05, 0.1) is 19.3 Å². The van der Waals surface area contributed by atoms with E-state index in [0.717, 1.165) is 0 Å². The van der Waals surface area contributed by atoms with Gasteiger partial charge in [-0.1, -0.05) is 0 Å². The van der Waals surface area contributed by atoms with Crippen molar-refractivity contribution in [1.29, 1.82) is 0 Å². The zero-order valence-corrected chi connectivity index (χ0v) is 22.5. The maximum absolute atomic E-state index is 12.0. The second-order valence-corrected chi connectivity index (χ2v) is 10.7. The summed E-state index contributed by atoms with van der Waals surface area (Å²) < 4.78 is 37.2. The molecule has 0 bridgehead atoms. The van der Waals surface area contributed by atoms with Gasteiger partial charge in [0.25, 0.3) is 0 Å². The zero-order chi connectivity index (χ0) is 31.9. The van der Waals surface area contributed by atoms with Gasteiger partial charge in [-0.15, -0.1) is 0 Å². The number of rotatable bonds is 8. The molecule has 0 aromatic heterocycles. The lowest BCUT2D eigenvalue weighted by Crippen LogP contribution is -2.67. The molecule has 12 N–H and O–H groups in total. The van der Waals surface area contributed by atoms with Gasteiger partial charge in [0.1, 0.15) is 79.4 Å². The van der Waals surface area contributed by atoms with Gasteiger partial charge in [0.2, 0.25) is 0 Å². The van der Waals surface area contributed by atoms with Crippen molar-refractivity contribution in [2.24, 2.45) is 0 Å².